The fraction of sp³-hybridized carbons (Fsp3) is 0.333. The summed E-state index contributed by atoms with van der Waals surface area (Å²) < 4.78 is 13.4. The number of carbonyl (C=O) groups is 1. The second-order valence-corrected chi connectivity index (χ2v) is 5.92. The van der Waals surface area contributed by atoms with Gasteiger partial charge in [0.15, 0.2) is 0 Å². The number of piperidine rings is 1. The predicted octanol–water partition coefficient (Wildman–Crippen LogP) is 2.66. The van der Waals surface area contributed by atoms with Crippen LogP contribution in [0.5, 0.6) is 0 Å². The van der Waals surface area contributed by atoms with Crippen molar-refractivity contribution in [2.45, 2.75) is 18.9 Å². The monoisotopic (exact) mass is 328 g/mol. The van der Waals surface area contributed by atoms with E-state index in [0.29, 0.717) is 11.4 Å². The van der Waals surface area contributed by atoms with Crippen LogP contribution < -0.4 is 15.5 Å². The molecule has 126 valence electrons. The van der Waals surface area contributed by atoms with Gasteiger partial charge in [-0.1, -0.05) is 6.07 Å². The molecule has 2 heterocycles. The number of carbonyl (C=O) groups excluding carboxylic acids is 1. The van der Waals surface area contributed by atoms with Crippen molar-refractivity contribution in [2.75, 3.05) is 30.4 Å². The molecule has 6 heteroatoms. The van der Waals surface area contributed by atoms with E-state index in [4.69, 9.17) is 0 Å². The van der Waals surface area contributed by atoms with Crippen LogP contribution in [0, 0.1) is 5.82 Å². The number of nitrogens with zero attached hydrogens (tertiary/aromatic N) is 2. The van der Waals surface area contributed by atoms with E-state index in [0.717, 1.165) is 31.6 Å². The van der Waals surface area contributed by atoms with Crippen molar-refractivity contribution in [1.29, 1.82) is 0 Å². The van der Waals surface area contributed by atoms with E-state index in [1.54, 1.807) is 37.5 Å². The van der Waals surface area contributed by atoms with Gasteiger partial charge in [-0.05, 0) is 43.2 Å². The number of rotatable bonds is 4. The lowest BCUT2D eigenvalue weighted by molar-refractivity contribution is 0.0963. The third-order valence-electron chi connectivity index (χ3n) is 4.20. The number of pyridine rings is 1. The Hall–Kier alpha value is -2.63. The van der Waals surface area contributed by atoms with Gasteiger partial charge in [-0.25, -0.2) is 9.37 Å². The third kappa shape index (κ3) is 3.82. The molecule has 0 saturated carbocycles. The summed E-state index contributed by atoms with van der Waals surface area (Å²) in [7, 11) is 1.61. The molecule has 1 fully saturated rings. The first-order chi connectivity index (χ1) is 11.7. The maximum Gasteiger partial charge on any atom is 0.251 e. The number of hydrogen-bond acceptors (Lipinski definition) is 4. The molecule has 0 bridgehead atoms. The molecule has 2 N–H and O–H groups in total. The highest BCUT2D eigenvalue weighted by Crippen LogP contribution is 2.22. The molecule has 1 aliphatic rings. The zero-order valence-electron chi connectivity index (χ0n) is 13.6. The number of halogens is 1. The largest absolute Gasteiger partial charge is 0.369 e. The lowest BCUT2D eigenvalue weighted by Crippen LogP contribution is -2.42. The lowest BCUT2D eigenvalue weighted by Gasteiger charge is -2.35. The fourth-order valence-electron chi connectivity index (χ4n) is 3.01. The van der Waals surface area contributed by atoms with E-state index in [-0.39, 0.29) is 17.8 Å². The number of benzene rings is 1. The summed E-state index contributed by atoms with van der Waals surface area (Å²) in [5.41, 5.74) is 1.47. The molecule has 3 rings (SSSR count). The minimum Gasteiger partial charge on any atom is -0.369 e. The molecule has 1 amide bonds. The molecular weight excluding hydrogens is 307 g/mol. The summed E-state index contributed by atoms with van der Waals surface area (Å²) in [4.78, 5) is 18.2. The van der Waals surface area contributed by atoms with Crippen molar-refractivity contribution in [3.63, 3.8) is 0 Å². The Bertz CT molecular complexity index is 722. The molecule has 2 aromatic rings. The van der Waals surface area contributed by atoms with Crippen LogP contribution in [0.3, 0.4) is 0 Å². The van der Waals surface area contributed by atoms with Gasteiger partial charge >= 0.3 is 0 Å². The first kappa shape index (κ1) is 16.2. The summed E-state index contributed by atoms with van der Waals surface area (Å²) >= 11 is 0. The second kappa shape index (κ2) is 7.29. The first-order valence-electron chi connectivity index (χ1n) is 8.11. The summed E-state index contributed by atoms with van der Waals surface area (Å²) in [6.45, 7) is 1.68. The highest BCUT2D eigenvalue weighted by Gasteiger charge is 2.21. The maximum absolute atomic E-state index is 13.4. The van der Waals surface area contributed by atoms with Crippen LogP contribution >= 0.6 is 0 Å². The summed E-state index contributed by atoms with van der Waals surface area (Å²) in [5.74, 6) is 0.329. The number of aromatic nitrogens is 1. The maximum atomic E-state index is 13.4. The summed E-state index contributed by atoms with van der Waals surface area (Å²) in [6.07, 6.45) is 3.65. The highest BCUT2D eigenvalue weighted by atomic mass is 19.1. The Morgan fingerprint density at radius 2 is 2.21 bits per heavy atom. The summed E-state index contributed by atoms with van der Waals surface area (Å²) in [5, 5.41) is 6.00. The predicted molar refractivity (Wildman–Crippen MR) is 92.9 cm³/mol. The van der Waals surface area contributed by atoms with Gasteiger partial charge in [-0.15, -0.1) is 0 Å². The van der Waals surface area contributed by atoms with E-state index < -0.39 is 0 Å². The van der Waals surface area contributed by atoms with Gasteiger partial charge in [0.05, 0.1) is 0 Å². The average Bonchev–Trinajstić information content (AvgIpc) is 2.61. The molecule has 5 nitrogen and oxygen atoms in total. The SMILES string of the molecule is CNC(=O)c1ccnc(N[C@@H]2CCCN(c3cccc(F)c3)C2)c1. The standard InChI is InChI=1S/C18H21FN4O/c1-20-18(24)13-7-8-21-17(10-13)22-15-5-3-9-23(12-15)16-6-2-4-14(19)11-16/h2,4,6-8,10-11,15H,3,5,9,12H2,1H3,(H,20,24)(H,21,22)/t15-/m1/s1. The van der Waals surface area contributed by atoms with Crippen molar-refractivity contribution in [2.24, 2.45) is 0 Å². The average molecular weight is 328 g/mol. The van der Waals surface area contributed by atoms with E-state index in [9.17, 15) is 9.18 Å². The molecule has 1 atom stereocenters. The van der Waals surface area contributed by atoms with Gasteiger partial charge in [0, 0.05) is 43.6 Å². The van der Waals surface area contributed by atoms with Gasteiger partial charge in [0.2, 0.25) is 0 Å². The topological polar surface area (TPSA) is 57.3 Å². The molecule has 24 heavy (non-hydrogen) atoms. The number of anilines is 2. The van der Waals surface area contributed by atoms with E-state index >= 15 is 0 Å². The van der Waals surface area contributed by atoms with Crippen molar-refractivity contribution in [1.82, 2.24) is 10.3 Å². The lowest BCUT2D eigenvalue weighted by atomic mass is 10.0. The van der Waals surface area contributed by atoms with E-state index in [1.165, 1.54) is 6.07 Å². The molecule has 1 saturated heterocycles. The second-order valence-electron chi connectivity index (χ2n) is 5.92. The van der Waals surface area contributed by atoms with Crippen molar-refractivity contribution < 1.29 is 9.18 Å². The highest BCUT2D eigenvalue weighted by molar-refractivity contribution is 5.94. The Morgan fingerprint density at radius 1 is 1.33 bits per heavy atom. The Kier molecular flexibility index (Phi) is 4.93. The van der Waals surface area contributed by atoms with Crippen LogP contribution in [0.4, 0.5) is 15.9 Å². The Morgan fingerprint density at radius 3 is 3.00 bits per heavy atom. The Labute approximate surface area is 140 Å². The smallest absolute Gasteiger partial charge is 0.251 e. The van der Waals surface area contributed by atoms with Crippen LogP contribution in [-0.2, 0) is 0 Å². The van der Waals surface area contributed by atoms with Crippen LogP contribution in [-0.4, -0.2) is 37.1 Å². The summed E-state index contributed by atoms with van der Waals surface area (Å²) in [6, 6.07) is 10.3. The first-order valence-corrected chi connectivity index (χ1v) is 8.11. The zero-order valence-corrected chi connectivity index (χ0v) is 13.6. The van der Waals surface area contributed by atoms with E-state index in [1.807, 2.05) is 6.07 Å². The van der Waals surface area contributed by atoms with Gasteiger partial charge in [-0.2, -0.15) is 0 Å². The normalized spacial score (nSPS) is 17.4. The van der Waals surface area contributed by atoms with Crippen molar-refractivity contribution in [3.05, 3.63) is 54.0 Å². The van der Waals surface area contributed by atoms with Gasteiger partial charge in [0.25, 0.3) is 5.91 Å². The minimum atomic E-state index is -0.220. The molecule has 0 radical (unpaired) electrons. The zero-order chi connectivity index (χ0) is 16.9. The molecule has 1 aromatic carbocycles. The molecule has 0 unspecified atom stereocenters. The number of nitrogens with one attached hydrogen (secondary N) is 2. The molecule has 1 aliphatic heterocycles. The molecule has 1 aromatic heterocycles. The van der Waals surface area contributed by atoms with Crippen LogP contribution in [0.15, 0.2) is 42.6 Å². The fourth-order valence-corrected chi connectivity index (χ4v) is 3.01. The number of hydrogen-bond donors (Lipinski definition) is 2. The molecular formula is C18H21FN4O. The van der Waals surface area contributed by atoms with Crippen LogP contribution in [0.25, 0.3) is 0 Å². The van der Waals surface area contributed by atoms with Gasteiger partial charge in [-0.3, -0.25) is 4.79 Å². The van der Waals surface area contributed by atoms with Crippen molar-refractivity contribution in [3.8, 4) is 0 Å². The van der Waals surface area contributed by atoms with Crippen molar-refractivity contribution >= 4 is 17.4 Å². The Balaban J connectivity index is 1.68. The van der Waals surface area contributed by atoms with Crippen LogP contribution in [0.2, 0.25) is 0 Å². The van der Waals surface area contributed by atoms with Gasteiger partial charge in [0.1, 0.15) is 11.6 Å². The van der Waals surface area contributed by atoms with Crippen LogP contribution in [0.1, 0.15) is 23.2 Å². The molecule has 0 spiro atoms. The number of amides is 1. The van der Waals surface area contributed by atoms with Gasteiger partial charge < -0.3 is 15.5 Å². The quantitative estimate of drug-likeness (QED) is 0.906. The minimum absolute atomic E-state index is 0.134. The third-order valence-corrected chi connectivity index (χ3v) is 4.20. The van der Waals surface area contributed by atoms with E-state index in [2.05, 4.69) is 20.5 Å². The molecule has 0 aliphatic carbocycles.